The highest BCUT2D eigenvalue weighted by Crippen LogP contribution is 2.41. The van der Waals surface area contributed by atoms with E-state index in [0.29, 0.717) is 5.57 Å². The van der Waals surface area contributed by atoms with Crippen LogP contribution in [-0.4, -0.2) is 31.0 Å². The number of hydrogen-bond acceptors (Lipinski definition) is 3. The fourth-order valence-corrected chi connectivity index (χ4v) is 2.65. The fourth-order valence-electron chi connectivity index (χ4n) is 2.65. The molecule has 0 spiro atoms. The SMILES string of the molecule is CC=CNc1ccc2c(c1)C1=CC(C(=O)N(C)C)=CC=CC1O2. The topological polar surface area (TPSA) is 41.6 Å². The van der Waals surface area contributed by atoms with E-state index in [1.807, 2.05) is 55.6 Å². The monoisotopic (exact) mass is 308 g/mol. The van der Waals surface area contributed by atoms with Gasteiger partial charge in [0.15, 0.2) is 0 Å². The summed E-state index contributed by atoms with van der Waals surface area (Å²) in [5, 5.41) is 3.22. The van der Waals surface area contributed by atoms with Crippen LogP contribution in [0.15, 0.2) is 60.4 Å². The number of carbonyl (C=O) groups excluding carboxylic acids is 1. The van der Waals surface area contributed by atoms with Crippen molar-refractivity contribution < 1.29 is 9.53 Å². The van der Waals surface area contributed by atoms with Gasteiger partial charge in [-0.05, 0) is 49.6 Å². The first-order chi connectivity index (χ1) is 11.1. The second-order valence-electron chi connectivity index (χ2n) is 5.70. The van der Waals surface area contributed by atoms with Gasteiger partial charge in [0.05, 0.1) is 0 Å². The van der Waals surface area contributed by atoms with E-state index < -0.39 is 0 Å². The first-order valence-electron chi connectivity index (χ1n) is 7.60. The maximum Gasteiger partial charge on any atom is 0.253 e. The Hall–Kier alpha value is -2.75. The van der Waals surface area contributed by atoms with Gasteiger partial charge in [0, 0.05) is 36.5 Å². The quantitative estimate of drug-likeness (QED) is 0.931. The van der Waals surface area contributed by atoms with E-state index in [1.54, 1.807) is 19.0 Å². The molecule has 1 N–H and O–H groups in total. The number of benzene rings is 1. The summed E-state index contributed by atoms with van der Waals surface area (Å²) >= 11 is 0. The normalized spacial score (nSPS) is 18.5. The molecule has 0 saturated carbocycles. The van der Waals surface area contributed by atoms with Crippen molar-refractivity contribution in [2.45, 2.75) is 13.0 Å². The van der Waals surface area contributed by atoms with Gasteiger partial charge >= 0.3 is 0 Å². The third-order valence-corrected chi connectivity index (χ3v) is 3.79. The van der Waals surface area contributed by atoms with Gasteiger partial charge in [-0.2, -0.15) is 0 Å². The minimum atomic E-state index is -0.148. The number of anilines is 1. The molecule has 1 aromatic carbocycles. The fraction of sp³-hybridized carbons (Fsp3) is 0.211. The number of carbonyl (C=O) groups is 1. The number of fused-ring (bicyclic) bond motifs is 3. The number of hydrogen-bond donors (Lipinski definition) is 1. The zero-order valence-electron chi connectivity index (χ0n) is 13.5. The van der Waals surface area contributed by atoms with Crippen molar-refractivity contribution in [1.82, 2.24) is 4.90 Å². The van der Waals surface area contributed by atoms with Gasteiger partial charge in [-0.25, -0.2) is 0 Å². The molecule has 2 aliphatic rings. The van der Waals surface area contributed by atoms with Crippen LogP contribution in [0.2, 0.25) is 0 Å². The molecule has 1 aliphatic carbocycles. The minimum Gasteiger partial charge on any atom is -0.481 e. The molecule has 4 heteroatoms. The lowest BCUT2D eigenvalue weighted by Gasteiger charge is -2.11. The molecule has 1 amide bonds. The molecule has 1 aliphatic heterocycles. The Morgan fingerprint density at radius 1 is 1.35 bits per heavy atom. The highest BCUT2D eigenvalue weighted by Gasteiger charge is 2.29. The van der Waals surface area contributed by atoms with Crippen molar-refractivity contribution in [3.8, 4) is 5.75 Å². The molecule has 1 unspecified atom stereocenters. The van der Waals surface area contributed by atoms with E-state index in [0.717, 1.165) is 22.6 Å². The third-order valence-electron chi connectivity index (χ3n) is 3.79. The first-order valence-corrected chi connectivity index (χ1v) is 7.60. The van der Waals surface area contributed by atoms with E-state index in [1.165, 1.54) is 0 Å². The third kappa shape index (κ3) is 2.93. The van der Waals surface area contributed by atoms with Crippen LogP contribution in [0.4, 0.5) is 5.69 Å². The van der Waals surface area contributed by atoms with Crippen LogP contribution >= 0.6 is 0 Å². The van der Waals surface area contributed by atoms with Gasteiger partial charge in [0.2, 0.25) is 0 Å². The molecule has 0 radical (unpaired) electrons. The lowest BCUT2D eigenvalue weighted by atomic mass is 10.00. The summed E-state index contributed by atoms with van der Waals surface area (Å²) in [6.45, 7) is 1.96. The molecular weight excluding hydrogens is 288 g/mol. The number of rotatable bonds is 3. The highest BCUT2D eigenvalue weighted by atomic mass is 16.5. The number of likely N-dealkylation sites (N-methyl/N-ethyl adjacent to an activating group) is 1. The van der Waals surface area contributed by atoms with Gasteiger partial charge in [0.1, 0.15) is 11.9 Å². The van der Waals surface area contributed by atoms with Gasteiger partial charge in [0.25, 0.3) is 5.91 Å². The van der Waals surface area contributed by atoms with Crippen LogP contribution in [0.1, 0.15) is 12.5 Å². The van der Waals surface area contributed by atoms with Gasteiger partial charge in [-0.1, -0.05) is 12.2 Å². The van der Waals surface area contributed by atoms with Gasteiger partial charge < -0.3 is 15.0 Å². The van der Waals surface area contributed by atoms with Crippen LogP contribution in [0.5, 0.6) is 5.75 Å². The van der Waals surface area contributed by atoms with Crippen molar-refractivity contribution in [2.75, 3.05) is 19.4 Å². The zero-order valence-corrected chi connectivity index (χ0v) is 13.5. The molecule has 0 bridgehead atoms. The van der Waals surface area contributed by atoms with Crippen LogP contribution in [0, 0.1) is 0 Å². The summed E-state index contributed by atoms with van der Waals surface area (Å²) in [5.74, 6) is 0.829. The molecular formula is C19H20N2O2. The Kier molecular flexibility index (Phi) is 4.06. The Bertz CT molecular complexity index is 755. The molecule has 0 aromatic heterocycles. The largest absolute Gasteiger partial charge is 0.481 e. The average molecular weight is 308 g/mol. The summed E-state index contributed by atoms with van der Waals surface area (Å²) in [4.78, 5) is 13.9. The summed E-state index contributed by atoms with van der Waals surface area (Å²) in [5.41, 5.74) is 3.68. The van der Waals surface area contributed by atoms with Gasteiger partial charge in [-0.3, -0.25) is 4.79 Å². The van der Waals surface area contributed by atoms with E-state index in [9.17, 15) is 4.79 Å². The Balaban J connectivity index is 2.01. The molecule has 0 saturated heterocycles. The molecule has 4 nitrogen and oxygen atoms in total. The standard InChI is InChI=1S/C19H20N2O2/c1-4-10-20-14-8-9-18-16(12-14)15-11-13(19(22)21(2)3)6-5-7-17(15)23-18/h4-12,17,20H,1-3H3. The van der Waals surface area contributed by atoms with E-state index >= 15 is 0 Å². The van der Waals surface area contributed by atoms with Crippen molar-refractivity contribution in [1.29, 1.82) is 0 Å². The van der Waals surface area contributed by atoms with Crippen molar-refractivity contribution in [2.24, 2.45) is 0 Å². The second kappa shape index (κ2) is 6.16. The zero-order chi connectivity index (χ0) is 16.4. The molecule has 118 valence electrons. The smallest absolute Gasteiger partial charge is 0.253 e. The predicted octanol–water partition coefficient (Wildman–Crippen LogP) is 3.36. The maximum absolute atomic E-state index is 12.3. The minimum absolute atomic E-state index is 0.0144. The van der Waals surface area contributed by atoms with E-state index in [-0.39, 0.29) is 12.0 Å². The number of amides is 1. The lowest BCUT2D eigenvalue weighted by molar-refractivity contribution is -0.124. The number of allylic oxidation sites excluding steroid dienone is 3. The molecule has 0 fully saturated rings. The van der Waals surface area contributed by atoms with Crippen LogP contribution in [0.3, 0.4) is 0 Å². The maximum atomic E-state index is 12.3. The van der Waals surface area contributed by atoms with Crippen LogP contribution < -0.4 is 10.1 Å². The molecule has 23 heavy (non-hydrogen) atoms. The summed E-state index contributed by atoms with van der Waals surface area (Å²) in [7, 11) is 3.51. The van der Waals surface area contributed by atoms with E-state index in [2.05, 4.69) is 11.4 Å². The second-order valence-corrected chi connectivity index (χ2v) is 5.70. The average Bonchev–Trinajstić information content (AvgIpc) is 2.74. The molecule has 1 aromatic rings. The van der Waals surface area contributed by atoms with Crippen LogP contribution in [0.25, 0.3) is 5.57 Å². The van der Waals surface area contributed by atoms with Crippen molar-refractivity contribution in [3.63, 3.8) is 0 Å². The Morgan fingerprint density at radius 2 is 2.17 bits per heavy atom. The number of nitrogens with zero attached hydrogens (tertiary/aromatic N) is 1. The predicted molar refractivity (Wildman–Crippen MR) is 93.2 cm³/mol. The molecule has 3 rings (SSSR count). The highest BCUT2D eigenvalue weighted by molar-refractivity contribution is 6.00. The Labute approximate surface area is 136 Å². The van der Waals surface area contributed by atoms with Crippen LogP contribution in [-0.2, 0) is 4.79 Å². The lowest BCUT2D eigenvalue weighted by Crippen LogP contribution is -2.22. The summed E-state index contributed by atoms with van der Waals surface area (Å²) in [6, 6.07) is 6.00. The van der Waals surface area contributed by atoms with Crippen molar-refractivity contribution in [3.05, 3.63) is 65.9 Å². The summed E-state index contributed by atoms with van der Waals surface area (Å²) in [6.07, 6.45) is 11.3. The van der Waals surface area contributed by atoms with Crippen molar-refractivity contribution >= 4 is 17.2 Å². The first kappa shape index (κ1) is 15.2. The number of ether oxygens (including phenoxy) is 1. The molecule has 1 atom stereocenters. The summed E-state index contributed by atoms with van der Waals surface area (Å²) < 4.78 is 5.98. The Morgan fingerprint density at radius 3 is 2.91 bits per heavy atom. The van der Waals surface area contributed by atoms with Gasteiger partial charge in [-0.15, -0.1) is 0 Å². The molecule has 1 heterocycles. The number of nitrogens with one attached hydrogen (secondary N) is 1. The van der Waals surface area contributed by atoms with E-state index in [4.69, 9.17) is 4.74 Å².